The monoisotopic (exact) mass is 197 g/mol. The summed E-state index contributed by atoms with van der Waals surface area (Å²) < 4.78 is 23.6. The highest BCUT2D eigenvalue weighted by molar-refractivity contribution is 7.89. The summed E-state index contributed by atoms with van der Waals surface area (Å²) in [4.78, 5) is 3.95. The number of sulfonamides is 1. The first-order valence-corrected chi connectivity index (χ1v) is 5.06. The Balaban J connectivity index is 2.75. The van der Waals surface area contributed by atoms with E-state index in [4.69, 9.17) is 5.14 Å². The van der Waals surface area contributed by atoms with E-state index in [0.29, 0.717) is 5.52 Å². The third kappa shape index (κ3) is 1.41. The Morgan fingerprint density at radius 2 is 2.23 bits per heavy atom. The smallest absolute Gasteiger partial charge is 0.238 e. The van der Waals surface area contributed by atoms with Gasteiger partial charge in [0.15, 0.2) is 0 Å². The van der Waals surface area contributed by atoms with Gasteiger partial charge in [-0.1, -0.05) is 0 Å². The van der Waals surface area contributed by atoms with E-state index in [-0.39, 0.29) is 4.90 Å². The lowest BCUT2D eigenvalue weighted by atomic mass is 10.4. The van der Waals surface area contributed by atoms with Gasteiger partial charge in [0.25, 0.3) is 0 Å². The zero-order chi connectivity index (χ0) is 9.47. The summed E-state index contributed by atoms with van der Waals surface area (Å²) in [6.07, 6.45) is 4.75. The minimum Gasteiger partial charge on any atom is -0.306 e. The van der Waals surface area contributed by atoms with Gasteiger partial charge in [0.05, 0.1) is 22.9 Å². The van der Waals surface area contributed by atoms with E-state index in [0.717, 1.165) is 0 Å². The van der Waals surface area contributed by atoms with E-state index in [1.807, 2.05) is 0 Å². The van der Waals surface area contributed by atoms with Crippen molar-refractivity contribution in [3.05, 3.63) is 30.9 Å². The lowest BCUT2D eigenvalue weighted by Gasteiger charge is -1.98. The van der Waals surface area contributed by atoms with Crippen molar-refractivity contribution in [1.82, 2.24) is 9.38 Å². The van der Waals surface area contributed by atoms with E-state index >= 15 is 0 Å². The molecule has 0 amide bonds. The number of hydrogen-bond acceptors (Lipinski definition) is 3. The molecule has 0 radical (unpaired) electrons. The van der Waals surface area contributed by atoms with Crippen LogP contribution in [0, 0.1) is 0 Å². The summed E-state index contributed by atoms with van der Waals surface area (Å²) in [6, 6.07) is 2.91. The molecule has 0 bridgehead atoms. The summed E-state index contributed by atoms with van der Waals surface area (Å²) in [5.74, 6) is 0. The van der Waals surface area contributed by atoms with Crippen LogP contribution in [-0.4, -0.2) is 17.8 Å². The normalized spacial score (nSPS) is 12.1. The summed E-state index contributed by atoms with van der Waals surface area (Å²) in [6.45, 7) is 0. The molecule has 2 rings (SSSR count). The van der Waals surface area contributed by atoms with Gasteiger partial charge in [-0.3, -0.25) is 0 Å². The molecule has 0 unspecified atom stereocenters. The fourth-order valence-electron chi connectivity index (χ4n) is 1.08. The molecule has 0 aliphatic heterocycles. The van der Waals surface area contributed by atoms with Crippen molar-refractivity contribution >= 4 is 15.5 Å². The predicted octanol–water partition coefficient (Wildman–Crippen LogP) is -0.0183. The Labute approximate surface area is 74.9 Å². The van der Waals surface area contributed by atoms with Crippen LogP contribution in [0.2, 0.25) is 0 Å². The van der Waals surface area contributed by atoms with Crippen LogP contribution in [-0.2, 0) is 10.0 Å². The number of pyridine rings is 1. The van der Waals surface area contributed by atoms with Crippen LogP contribution in [0.15, 0.2) is 35.7 Å². The second kappa shape index (κ2) is 2.54. The number of nitrogens with two attached hydrogens (primary N) is 1. The molecule has 0 spiro atoms. The molecule has 0 saturated carbocycles. The molecule has 0 fully saturated rings. The largest absolute Gasteiger partial charge is 0.306 e. The minimum atomic E-state index is -3.61. The summed E-state index contributed by atoms with van der Waals surface area (Å²) in [5, 5.41) is 4.96. The Morgan fingerprint density at radius 1 is 1.46 bits per heavy atom. The van der Waals surface area contributed by atoms with E-state index in [1.54, 1.807) is 23.1 Å². The van der Waals surface area contributed by atoms with Crippen molar-refractivity contribution in [2.75, 3.05) is 0 Å². The predicted molar refractivity (Wildman–Crippen MR) is 46.6 cm³/mol. The Bertz CT molecular complexity index is 544. The van der Waals surface area contributed by atoms with Crippen LogP contribution in [0.1, 0.15) is 0 Å². The fraction of sp³-hybridized carbons (Fsp3) is 0. The molecule has 13 heavy (non-hydrogen) atoms. The van der Waals surface area contributed by atoms with E-state index in [1.165, 1.54) is 12.1 Å². The highest BCUT2D eigenvalue weighted by Gasteiger charge is 2.07. The summed E-state index contributed by atoms with van der Waals surface area (Å²) >= 11 is 0. The van der Waals surface area contributed by atoms with Gasteiger partial charge in [0, 0.05) is 6.20 Å². The molecule has 2 aromatic rings. The van der Waals surface area contributed by atoms with Crippen molar-refractivity contribution < 1.29 is 8.42 Å². The van der Waals surface area contributed by atoms with Gasteiger partial charge in [-0.25, -0.2) is 18.5 Å². The zero-order valence-electron chi connectivity index (χ0n) is 6.58. The minimum absolute atomic E-state index is 0.0977. The van der Waals surface area contributed by atoms with Gasteiger partial charge in [0.1, 0.15) is 0 Å². The van der Waals surface area contributed by atoms with Gasteiger partial charge in [-0.2, -0.15) is 0 Å². The summed E-state index contributed by atoms with van der Waals surface area (Å²) in [7, 11) is -3.61. The van der Waals surface area contributed by atoms with E-state index in [2.05, 4.69) is 4.98 Å². The van der Waals surface area contributed by atoms with E-state index in [9.17, 15) is 8.42 Å². The first-order valence-electron chi connectivity index (χ1n) is 3.52. The van der Waals surface area contributed by atoms with Crippen molar-refractivity contribution in [2.24, 2.45) is 5.14 Å². The molecule has 6 heteroatoms. The van der Waals surface area contributed by atoms with Crippen molar-refractivity contribution in [3.63, 3.8) is 0 Å². The topological polar surface area (TPSA) is 77.5 Å². The number of rotatable bonds is 1. The molecule has 5 nitrogen and oxygen atoms in total. The van der Waals surface area contributed by atoms with Crippen molar-refractivity contribution in [3.8, 4) is 0 Å². The lowest BCUT2D eigenvalue weighted by Crippen LogP contribution is -2.12. The number of primary sulfonamides is 1. The first-order chi connectivity index (χ1) is 6.07. The Hall–Kier alpha value is -1.40. The Kier molecular flexibility index (Phi) is 1.61. The van der Waals surface area contributed by atoms with Gasteiger partial charge in [-0.05, 0) is 12.1 Å². The SMILES string of the molecule is NS(=O)(=O)c1ccn2cncc2c1. The molecule has 0 aromatic carbocycles. The number of fused-ring (bicyclic) bond motifs is 1. The molecular weight excluding hydrogens is 190 g/mol. The van der Waals surface area contributed by atoms with E-state index < -0.39 is 10.0 Å². The molecule has 2 heterocycles. The van der Waals surface area contributed by atoms with Crippen LogP contribution < -0.4 is 5.14 Å². The number of nitrogens with zero attached hydrogens (tertiary/aromatic N) is 2. The maximum Gasteiger partial charge on any atom is 0.238 e. The molecule has 68 valence electrons. The van der Waals surface area contributed by atoms with Gasteiger partial charge in [0.2, 0.25) is 10.0 Å². The molecule has 0 aliphatic rings. The van der Waals surface area contributed by atoms with Gasteiger partial charge in [-0.15, -0.1) is 0 Å². The van der Waals surface area contributed by atoms with Gasteiger partial charge < -0.3 is 4.40 Å². The zero-order valence-corrected chi connectivity index (χ0v) is 7.40. The standard InChI is InChI=1S/C7H7N3O2S/c8-13(11,12)7-1-2-10-5-9-4-6(10)3-7/h1-5H,(H2,8,11,12). The molecule has 2 aromatic heterocycles. The fourth-order valence-corrected chi connectivity index (χ4v) is 1.61. The van der Waals surface area contributed by atoms with Crippen LogP contribution in [0.5, 0.6) is 0 Å². The number of imidazole rings is 1. The molecule has 0 saturated heterocycles. The maximum absolute atomic E-state index is 10.9. The van der Waals surface area contributed by atoms with Crippen LogP contribution in [0.3, 0.4) is 0 Å². The third-order valence-corrected chi connectivity index (χ3v) is 2.63. The third-order valence-electron chi connectivity index (χ3n) is 1.71. The number of hydrogen-bond donors (Lipinski definition) is 1. The summed E-state index contributed by atoms with van der Waals surface area (Å²) in [5.41, 5.74) is 0.700. The van der Waals surface area contributed by atoms with Crippen LogP contribution >= 0.6 is 0 Å². The van der Waals surface area contributed by atoms with Crippen molar-refractivity contribution in [2.45, 2.75) is 4.90 Å². The highest BCUT2D eigenvalue weighted by atomic mass is 32.2. The average molecular weight is 197 g/mol. The second-order valence-corrected chi connectivity index (χ2v) is 4.19. The van der Waals surface area contributed by atoms with Crippen molar-refractivity contribution in [1.29, 1.82) is 0 Å². The first kappa shape index (κ1) is 8.21. The highest BCUT2D eigenvalue weighted by Crippen LogP contribution is 2.09. The molecule has 2 N–H and O–H groups in total. The quantitative estimate of drug-likeness (QED) is 0.698. The lowest BCUT2D eigenvalue weighted by molar-refractivity contribution is 0.597. The molecular formula is C7H7N3O2S. The number of aromatic nitrogens is 2. The van der Waals surface area contributed by atoms with Gasteiger partial charge >= 0.3 is 0 Å². The molecule has 0 atom stereocenters. The van der Waals surface area contributed by atoms with Crippen LogP contribution in [0.25, 0.3) is 5.52 Å². The maximum atomic E-state index is 10.9. The molecule has 0 aliphatic carbocycles. The Morgan fingerprint density at radius 3 is 2.92 bits per heavy atom. The van der Waals surface area contributed by atoms with Crippen LogP contribution in [0.4, 0.5) is 0 Å². The second-order valence-electron chi connectivity index (χ2n) is 2.63. The average Bonchev–Trinajstić information content (AvgIpc) is 2.47.